The van der Waals surface area contributed by atoms with E-state index >= 15 is 0 Å². The Labute approximate surface area is 130 Å². The molecule has 0 atom stereocenters. The number of nitrogens with zero attached hydrogens (tertiary/aromatic N) is 4. The van der Waals surface area contributed by atoms with Crippen molar-refractivity contribution in [3.8, 4) is 0 Å². The molecular formula is C14H16N4OS2. The van der Waals surface area contributed by atoms with Gasteiger partial charge < -0.3 is 0 Å². The Kier molecular flexibility index (Phi) is 3.86. The molecule has 0 aromatic carbocycles. The monoisotopic (exact) mass is 320 g/mol. The van der Waals surface area contributed by atoms with Gasteiger partial charge in [-0.25, -0.2) is 4.98 Å². The molecule has 0 fully saturated rings. The number of hydrogen-bond acceptors (Lipinski definition) is 6. The summed E-state index contributed by atoms with van der Waals surface area (Å²) >= 11 is 3.14. The molecule has 0 saturated carbocycles. The second kappa shape index (κ2) is 5.65. The molecule has 110 valence electrons. The molecule has 3 rings (SSSR count). The molecule has 0 aliphatic rings. The van der Waals surface area contributed by atoms with Gasteiger partial charge in [-0.2, -0.15) is 0 Å². The summed E-state index contributed by atoms with van der Waals surface area (Å²) in [4.78, 5) is 19.1. The van der Waals surface area contributed by atoms with E-state index in [0.717, 1.165) is 38.6 Å². The van der Waals surface area contributed by atoms with E-state index in [1.54, 1.807) is 33.6 Å². The van der Waals surface area contributed by atoms with Crippen LogP contribution in [-0.4, -0.2) is 19.7 Å². The Hall–Kier alpha value is -1.60. The molecule has 3 aromatic heterocycles. The molecule has 5 nitrogen and oxygen atoms in total. The predicted molar refractivity (Wildman–Crippen MR) is 86.4 cm³/mol. The van der Waals surface area contributed by atoms with Crippen molar-refractivity contribution in [3.05, 3.63) is 37.1 Å². The van der Waals surface area contributed by atoms with E-state index in [-0.39, 0.29) is 5.56 Å². The molecule has 0 N–H and O–H groups in total. The van der Waals surface area contributed by atoms with Crippen molar-refractivity contribution in [2.24, 2.45) is 0 Å². The van der Waals surface area contributed by atoms with Crippen molar-refractivity contribution in [1.29, 1.82) is 0 Å². The van der Waals surface area contributed by atoms with Crippen molar-refractivity contribution in [2.45, 2.75) is 40.2 Å². The maximum Gasteiger partial charge on any atom is 0.262 e. The third kappa shape index (κ3) is 2.51. The Morgan fingerprint density at radius 2 is 1.90 bits per heavy atom. The van der Waals surface area contributed by atoms with Crippen molar-refractivity contribution >= 4 is 32.9 Å². The summed E-state index contributed by atoms with van der Waals surface area (Å²) in [6.45, 7) is 6.61. The molecule has 0 aliphatic heterocycles. The fraction of sp³-hybridized carbons (Fsp3) is 0.429. The van der Waals surface area contributed by atoms with Crippen LogP contribution in [0.2, 0.25) is 0 Å². The zero-order valence-corrected chi connectivity index (χ0v) is 13.8. The van der Waals surface area contributed by atoms with Gasteiger partial charge in [-0.3, -0.25) is 9.36 Å². The summed E-state index contributed by atoms with van der Waals surface area (Å²) in [6.07, 6.45) is 3.34. The molecule has 0 bridgehead atoms. The third-order valence-corrected chi connectivity index (χ3v) is 5.56. The number of fused-ring (bicyclic) bond motifs is 1. The minimum absolute atomic E-state index is 0.0226. The van der Waals surface area contributed by atoms with Crippen molar-refractivity contribution in [3.63, 3.8) is 0 Å². The maximum atomic E-state index is 12.7. The SMILES string of the molecule is CCc1nnc(Cn2cnc3sc(C)c(CC)c3c2=O)s1. The third-order valence-electron chi connectivity index (χ3n) is 3.45. The highest BCUT2D eigenvalue weighted by molar-refractivity contribution is 7.18. The van der Waals surface area contributed by atoms with E-state index < -0.39 is 0 Å². The average Bonchev–Trinajstić information content (AvgIpc) is 3.05. The molecule has 0 unspecified atom stereocenters. The Morgan fingerprint density at radius 1 is 1.14 bits per heavy atom. The quantitative estimate of drug-likeness (QED) is 0.741. The first-order valence-electron chi connectivity index (χ1n) is 6.92. The lowest BCUT2D eigenvalue weighted by atomic mass is 10.1. The molecule has 7 heteroatoms. The lowest BCUT2D eigenvalue weighted by molar-refractivity contribution is 0.733. The lowest BCUT2D eigenvalue weighted by Crippen LogP contribution is -2.21. The molecule has 3 heterocycles. The van der Waals surface area contributed by atoms with Crippen LogP contribution < -0.4 is 5.56 Å². The first kappa shape index (κ1) is 14.3. The predicted octanol–water partition coefficient (Wildman–Crippen LogP) is 2.79. The van der Waals surface area contributed by atoms with Gasteiger partial charge in [0, 0.05) is 4.88 Å². The molecule has 0 radical (unpaired) electrons. The summed E-state index contributed by atoms with van der Waals surface area (Å²) < 4.78 is 1.63. The van der Waals surface area contributed by atoms with Crippen LogP contribution in [0.4, 0.5) is 0 Å². The van der Waals surface area contributed by atoms with Gasteiger partial charge in [0.1, 0.15) is 14.8 Å². The lowest BCUT2D eigenvalue weighted by Gasteiger charge is -2.03. The second-order valence-electron chi connectivity index (χ2n) is 4.79. The minimum atomic E-state index is 0.0226. The molecule has 0 spiro atoms. The molecule has 21 heavy (non-hydrogen) atoms. The summed E-state index contributed by atoms with van der Waals surface area (Å²) in [7, 11) is 0. The first-order valence-corrected chi connectivity index (χ1v) is 8.56. The fourth-order valence-electron chi connectivity index (χ4n) is 2.37. The number of hydrogen-bond donors (Lipinski definition) is 0. The maximum absolute atomic E-state index is 12.7. The zero-order chi connectivity index (χ0) is 15.0. The van der Waals surface area contributed by atoms with Crippen LogP contribution in [0.3, 0.4) is 0 Å². The molecule has 0 saturated heterocycles. The number of thiophene rings is 1. The van der Waals surface area contributed by atoms with Gasteiger partial charge in [-0.1, -0.05) is 25.2 Å². The van der Waals surface area contributed by atoms with Gasteiger partial charge in [0.05, 0.1) is 18.3 Å². The van der Waals surface area contributed by atoms with Crippen molar-refractivity contribution in [2.75, 3.05) is 0 Å². The van der Waals surface area contributed by atoms with E-state index in [0.29, 0.717) is 6.54 Å². The summed E-state index contributed by atoms with van der Waals surface area (Å²) in [6, 6.07) is 0. The second-order valence-corrected chi connectivity index (χ2v) is 7.14. The molecular weight excluding hydrogens is 304 g/mol. The number of aromatic nitrogens is 4. The van der Waals surface area contributed by atoms with Crippen molar-refractivity contribution < 1.29 is 0 Å². The van der Waals surface area contributed by atoms with E-state index in [2.05, 4.69) is 22.1 Å². The van der Waals surface area contributed by atoms with Crippen LogP contribution in [-0.2, 0) is 19.4 Å². The van der Waals surface area contributed by atoms with Gasteiger partial charge in [0.25, 0.3) is 5.56 Å². The summed E-state index contributed by atoms with van der Waals surface area (Å²) in [5, 5.41) is 10.8. The topological polar surface area (TPSA) is 60.7 Å². The van der Waals surface area contributed by atoms with Crippen LogP contribution in [0.25, 0.3) is 10.2 Å². The Balaban J connectivity index is 2.07. The Morgan fingerprint density at radius 3 is 2.57 bits per heavy atom. The van der Waals surface area contributed by atoms with Gasteiger partial charge in [0.15, 0.2) is 0 Å². The van der Waals surface area contributed by atoms with Crippen LogP contribution in [0.1, 0.15) is 34.3 Å². The molecule has 0 aliphatic carbocycles. The highest BCUT2D eigenvalue weighted by Gasteiger charge is 2.14. The number of rotatable bonds is 4. The van der Waals surface area contributed by atoms with Crippen LogP contribution in [0, 0.1) is 6.92 Å². The van der Waals surface area contributed by atoms with Gasteiger partial charge >= 0.3 is 0 Å². The van der Waals surface area contributed by atoms with Gasteiger partial charge in [0.2, 0.25) is 0 Å². The summed E-state index contributed by atoms with van der Waals surface area (Å²) in [5.74, 6) is 0. The van der Waals surface area contributed by atoms with E-state index in [1.165, 1.54) is 4.88 Å². The smallest absolute Gasteiger partial charge is 0.262 e. The van der Waals surface area contributed by atoms with Crippen LogP contribution in [0.15, 0.2) is 11.1 Å². The highest BCUT2D eigenvalue weighted by Crippen LogP contribution is 2.27. The molecule has 0 amide bonds. The standard InChI is InChI=1S/C14H16N4OS2/c1-4-9-8(3)20-13-12(9)14(19)18(7-15-13)6-11-17-16-10(5-2)21-11/h7H,4-6H2,1-3H3. The Bertz CT molecular complexity index is 846. The van der Waals surface area contributed by atoms with Gasteiger partial charge in [-0.05, 0) is 25.3 Å². The van der Waals surface area contributed by atoms with Crippen molar-refractivity contribution in [1.82, 2.24) is 19.7 Å². The minimum Gasteiger partial charge on any atom is -0.292 e. The van der Waals surface area contributed by atoms with Gasteiger partial charge in [-0.15, -0.1) is 21.5 Å². The fourth-order valence-corrected chi connectivity index (χ4v) is 4.23. The highest BCUT2D eigenvalue weighted by atomic mass is 32.1. The van der Waals surface area contributed by atoms with E-state index in [1.807, 2.05) is 13.8 Å². The summed E-state index contributed by atoms with van der Waals surface area (Å²) in [5.41, 5.74) is 1.14. The normalized spacial score (nSPS) is 11.4. The first-order chi connectivity index (χ1) is 10.1. The van der Waals surface area contributed by atoms with E-state index in [4.69, 9.17) is 0 Å². The average molecular weight is 320 g/mol. The van der Waals surface area contributed by atoms with Crippen LogP contribution in [0.5, 0.6) is 0 Å². The zero-order valence-electron chi connectivity index (χ0n) is 12.2. The molecule has 3 aromatic rings. The van der Waals surface area contributed by atoms with Crippen LogP contribution >= 0.6 is 22.7 Å². The van der Waals surface area contributed by atoms with E-state index in [9.17, 15) is 4.79 Å². The number of aryl methyl sites for hydroxylation is 3. The largest absolute Gasteiger partial charge is 0.292 e.